The van der Waals surface area contributed by atoms with Crippen LogP contribution in [0.25, 0.3) is 0 Å². The van der Waals surface area contributed by atoms with Crippen molar-refractivity contribution < 1.29 is 13.9 Å². The number of aliphatic hydroxyl groups excluding tert-OH is 1. The first-order chi connectivity index (χ1) is 7.22. The Hall–Kier alpha value is 0.0300. The molecule has 0 aromatic rings. The number of hydrogen-bond donors (Lipinski definition) is 2. The van der Waals surface area contributed by atoms with Crippen LogP contribution in [0.4, 0.5) is 8.78 Å². The molecule has 1 aliphatic heterocycles. The molecule has 1 rings (SSSR count). The highest BCUT2D eigenvalue weighted by Crippen LogP contribution is 2.14. The third-order valence-electron chi connectivity index (χ3n) is 2.79. The van der Waals surface area contributed by atoms with Crippen LogP contribution in [0.15, 0.2) is 0 Å². The quantitative estimate of drug-likeness (QED) is 0.745. The highest BCUT2D eigenvalue weighted by Gasteiger charge is 2.18. The summed E-state index contributed by atoms with van der Waals surface area (Å²) in [5.74, 6) is 0.497. The normalized spacial score (nSPS) is 17.8. The minimum atomic E-state index is -2.31. The largest absolute Gasteiger partial charge is 0.395 e. The van der Waals surface area contributed by atoms with E-state index in [4.69, 9.17) is 5.11 Å². The summed E-state index contributed by atoms with van der Waals surface area (Å²) < 4.78 is 24.5. The van der Waals surface area contributed by atoms with Crippen LogP contribution >= 0.6 is 12.4 Å². The van der Waals surface area contributed by atoms with E-state index in [2.05, 4.69) is 5.32 Å². The van der Waals surface area contributed by atoms with Crippen LogP contribution in [-0.2, 0) is 0 Å². The van der Waals surface area contributed by atoms with E-state index in [0.717, 1.165) is 25.9 Å². The van der Waals surface area contributed by atoms with Gasteiger partial charge in [0.1, 0.15) is 0 Å². The maximum absolute atomic E-state index is 12.2. The van der Waals surface area contributed by atoms with Crippen molar-refractivity contribution in [1.82, 2.24) is 10.2 Å². The topological polar surface area (TPSA) is 35.5 Å². The van der Waals surface area contributed by atoms with E-state index < -0.39 is 6.43 Å². The van der Waals surface area contributed by atoms with E-state index >= 15 is 0 Å². The van der Waals surface area contributed by atoms with Crippen LogP contribution in [-0.4, -0.2) is 55.8 Å². The summed E-state index contributed by atoms with van der Waals surface area (Å²) in [6.07, 6.45) is -0.214. The van der Waals surface area contributed by atoms with Crippen molar-refractivity contribution >= 4 is 12.4 Å². The fourth-order valence-corrected chi connectivity index (χ4v) is 2.02. The molecule has 0 aromatic carbocycles. The maximum atomic E-state index is 12.2. The molecule has 6 heteroatoms. The van der Waals surface area contributed by atoms with Gasteiger partial charge in [-0.2, -0.15) is 0 Å². The molecule has 0 atom stereocenters. The fraction of sp³-hybridized carbons (Fsp3) is 1.00. The Morgan fingerprint density at radius 3 is 2.44 bits per heavy atom. The molecule has 0 bridgehead atoms. The molecule has 1 heterocycles. The number of halogens is 3. The molecule has 1 saturated heterocycles. The van der Waals surface area contributed by atoms with Crippen molar-refractivity contribution in [2.75, 3.05) is 39.3 Å². The molecule has 1 aliphatic rings. The summed E-state index contributed by atoms with van der Waals surface area (Å²) in [6.45, 7) is 2.74. The third-order valence-corrected chi connectivity index (χ3v) is 2.79. The Labute approximate surface area is 102 Å². The minimum absolute atomic E-state index is 0. The molecule has 0 aromatic heterocycles. The van der Waals surface area contributed by atoms with Crippen LogP contribution in [0.5, 0.6) is 0 Å². The molecule has 2 N–H and O–H groups in total. The second kappa shape index (κ2) is 9.10. The molecule has 16 heavy (non-hydrogen) atoms. The van der Waals surface area contributed by atoms with Gasteiger partial charge in [0.2, 0.25) is 0 Å². The summed E-state index contributed by atoms with van der Waals surface area (Å²) in [5.41, 5.74) is 0. The fourth-order valence-electron chi connectivity index (χ4n) is 2.02. The van der Waals surface area contributed by atoms with Crippen molar-refractivity contribution in [1.29, 1.82) is 0 Å². The zero-order chi connectivity index (χ0) is 11.1. The Kier molecular flexibility index (Phi) is 9.12. The Morgan fingerprint density at radius 2 is 1.94 bits per heavy atom. The van der Waals surface area contributed by atoms with Crippen LogP contribution in [0.1, 0.15) is 12.8 Å². The monoisotopic (exact) mass is 258 g/mol. The molecule has 0 amide bonds. The standard InChI is InChI=1S/C10H20F2N2O.ClH/c11-10(12)8-14(5-6-15)7-9-1-3-13-4-2-9;/h9-10,13,15H,1-8H2;1H. The van der Waals surface area contributed by atoms with Crippen molar-refractivity contribution in [3.05, 3.63) is 0 Å². The van der Waals surface area contributed by atoms with Crippen LogP contribution < -0.4 is 5.32 Å². The molecule has 0 saturated carbocycles. The zero-order valence-electron chi connectivity index (χ0n) is 9.37. The Bertz CT molecular complexity index is 169. The first-order valence-electron chi connectivity index (χ1n) is 5.54. The van der Waals surface area contributed by atoms with E-state index in [-0.39, 0.29) is 25.6 Å². The van der Waals surface area contributed by atoms with Gasteiger partial charge in [-0.05, 0) is 31.8 Å². The molecule has 3 nitrogen and oxygen atoms in total. The van der Waals surface area contributed by atoms with Gasteiger partial charge in [0, 0.05) is 13.1 Å². The molecular formula is C10H21ClF2N2O. The number of nitrogens with one attached hydrogen (secondary N) is 1. The summed E-state index contributed by atoms with van der Waals surface area (Å²) in [7, 11) is 0. The predicted molar refractivity (Wildman–Crippen MR) is 62.4 cm³/mol. The summed E-state index contributed by atoms with van der Waals surface area (Å²) in [4.78, 5) is 1.67. The van der Waals surface area contributed by atoms with E-state index in [1.165, 1.54) is 0 Å². The van der Waals surface area contributed by atoms with Gasteiger partial charge >= 0.3 is 0 Å². The summed E-state index contributed by atoms with van der Waals surface area (Å²) in [5, 5.41) is 12.0. The van der Waals surface area contributed by atoms with E-state index in [0.29, 0.717) is 19.0 Å². The van der Waals surface area contributed by atoms with Gasteiger partial charge in [-0.25, -0.2) is 8.78 Å². The lowest BCUT2D eigenvalue weighted by atomic mass is 9.97. The van der Waals surface area contributed by atoms with Gasteiger partial charge < -0.3 is 10.4 Å². The summed E-state index contributed by atoms with van der Waals surface area (Å²) >= 11 is 0. The maximum Gasteiger partial charge on any atom is 0.251 e. The molecule has 1 fully saturated rings. The van der Waals surface area contributed by atoms with Crippen molar-refractivity contribution in [3.63, 3.8) is 0 Å². The van der Waals surface area contributed by atoms with Gasteiger partial charge in [-0.1, -0.05) is 0 Å². The van der Waals surface area contributed by atoms with Crippen molar-refractivity contribution in [2.24, 2.45) is 5.92 Å². The second-order valence-corrected chi connectivity index (χ2v) is 4.07. The smallest absolute Gasteiger partial charge is 0.251 e. The SMILES string of the molecule is Cl.OCCN(CC(F)F)CC1CCNCC1. The minimum Gasteiger partial charge on any atom is -0.395 e. The number of hydrogen-bond acceptors (Lipinski definition) is 3. The Morgan fingerprint density at radius 1 is 1.31 bits per heavy atom. The molecule has 0 radical (unpaired) electrons. The van der Waals surface area contributed by atoms with E-state index in [9.17, 15) is 8.78 Å². The molecule has 0 aliphatic carbocycles. The first-order valence-corrected chi connectivity index (χ1v) is 5.54. The zero-order valence-corrected chi connectivity index (χ0v) is 10.2. The van der Waals surface area contributed by atoms with Gasteiger partial charge in [0.25, 0.3) is 6.43 Å². The van der Waals surface area contributed by atoms with Gasteiger partial charge in [0.15, 0.2) is 0 Å². The first kappa shape index (κ1) is 16.0. The van der Waals surface area contributed by atoms with Crippen molar-refractivity contribution in [2.45, 2.75) is 19.3 Å². The number of rotatable bonds is 6. The second-order valence-electron chi connectivity index (χ2n) is 4.07. The third kappa shape index (κ3) is 6.58. The number of nitrogens with zero attached hydrogens (tertiary/aromatic N) is 1. The lowest BCUT2D eigenvalue weighted by molar-refractivity contribution is 0.0667. The summed E-state index contributed by atoms with van der Waals surface area (Å²) in [6, 6.07) is 0. The number of aliphatic hydroxyl groups is 1. The molecule has 98 valence electrons. The molecule has 0 spiro atoms. The molecule has 0 unspecified atom stereocenters. The van der Waals surface area contributed by atoms with Crippen LogP contribution in [0.3, 0.4) is 0 Å². The van der Waals surface area contributed by atoms with E-state index in [1.54, 1.807) is 4.90 Å². The van der Waals surface area contributed by atoms with Gasteiger partial charge in [0.05, 0.1) is 13.2 Å². The van der Waals surface area contributed by atoms with Crippen LogP contribution in [0.2, 0.25) is 0 Å². The highest BCUT2D eigenvalue weighted by molar-refractivity contribution is 5.85. The number of alkyl halides is 2. The number of piperidine rings is 1. The van der Waals surface area contributed by atoms with E-state index in [1.807, 2.05) is 0 Å². The van der Waals surface area contributed by atoms with Gasteiger partial charge in [-0.15, -0.1) is 12.4 Å². The molecular weight excluding hydrogens is 238 g/mol. The Balaban J connectivity index is 0.00000225. The highest BCUT2D eigenvalue weighted by atomic mass is 35.5. The average molecular weight is 259 g/mol. The average Bonchev–Trinajstić information content (AvgIpc) is 2.18. The lowest BCUT2D eigenvalue weighted by Crippen LogP contribution is -2.39. The lowest BCUT2D eigenvalue weighted by Gasteiger charge is -2.29. The van der Waals surface area contributed by atoms with Crippen LogP contribution in [0, 0.1) is 5.92 Å². The van der Waals surface area contributed by atoms with Crippen molar-refractivity contribution in [3.8, 4) is 0 Å². The van der Waals surface area contributed by atoms with Gasteiger partial charge in [-0.3, -0.25) is 4.90 Å². The predicted octanol–water partition coefficient (Wildman–Crippen LogP) is 0.967.